The summed E-state index contributed by atoms with van der Waals surface area (Å²) in [5.74, 6) is -1.15. The summed E-state index contributed by atoms with van der Waals surface area (Å²) in [6.07, 6.45) is 3.37. The van der Waals surface area contributed by atoms with E-state index in [1.807, 2.05) is 18.2 Å². The minimum absolute atomic E-state index is 0.209. The Hall–Kier alpha value is -2.15. The van der Waals surface area contributed by atoms with Crippen LogP contribution >= 0.6 is 11.3 Å². The van der Waals surface area contributed by atoms with Crippen molar-refractivity contribution in [3.8, 4) is 0 Å². The summed E-state index contributed by atoms with van der Waals surface area (Å²) in [7, 11) is 1.38. The fraction of sp³-hybridized carbons (Fsp3) is 0.471. The molecule has 0 aliphatic heterocycles. The van der Waals surface area contributed by atoms with Crippen LogP contribution < -0.4 is 5.32 Å². The molecule has 0 amide bonds. The van der Waals surface area contributed by atoms with Gasteiger partial charge >= 0.3 is 11.9 Å². The predicted molar refractivity (Wildman–Crippen MR) is 92.3 cm³/mol. The summed E-state index contributed by atoms with van der Waals surface area (Å²) in [5, 5.41) is 13.3. The lowest BCUT2D eigenvalue weighted by Crippen LogP contribution is -2.29. The zero-order valence-corrected chi connectivity index (χ0v) is 14.3. The molecule has 1 aliphatic rings. The van der Waals surface area contributed by atoms with Crippen molar-refractivity contribution in [2.75, 3.05) is 12.4 Å². The van der Waals surface area contributed by atoms with Crippen molar-refractivity contribution in [3.05, 3.63) is 23.8 Å². The number of anilines is 1. The summed E-state index contributed by atoms with van der Waals surface area (Å²) in [6, 6.07) is 6.05. The van der Waals surface area contributed by atoms with Crippen LogP contribution in [0, 0.1) is 5.92 Å². The number of rotatable bonds is 5. The third kappa shape index (κ3) is 3.84. The van der Waals surface area contributed by atoms with Crippen LogP contribution in [-0.4, -0.2) is 35.2 Å². The number of aliphatic carboxylic acids is 1. The largest absolute Gasteiger partial charge is 0.481 e. The molecule has 1 aromatic heterocycles. The second kappa shape index (κ2) is 7.17. The first-order chi connectivity index (χ1) is 11.5. The molecule has 0 spiro atoms. The zero-order valence-electron chi connectivity index (χ0n) is 13.4. The predicted octanol–water partition coefficient (Wildman–Crippen LogP) is 3.07. The van der Waals surface area contributed by atoms with Crippen LogP contribution in [0.25, 0.3) is 10.2 Å². The molecule has 0 atom stereocenters. The van der Waals surface area contributed by atoms with Crippen molar-refractivity contribution in [1.29, 1.82) is 0 Å². The molecule has 0 bridgehead atoms. The van der Waals surface area contributed by atoms with Gasteiger partial charge in [-0.3, -0.25) is 9.59 Å². The molecule has 1 heterocycles. The zero-order chi connectivity index (χ0) is 17.1. The van der Waals surface area contributed by atoms with Crippen LogP contribution in [0.1, 0.15) is 31.2 Å². The topological polar surface area (TPSA) is 88.5 Å². The second-order valence-corrected chi connectivity index (χ2v) is 7.14. The maximum Gasteiger partial charge on any atom is 0.309 e. The first-order valence-electron chi connectivity index (χ1n) is 8.01. The minimum Gasteiger partial charge on any atom is -0.481 e. The van der Waals surface area contributed by atoms with E-state index in [0.717, 1.165) is 33.8 Å². The molecule has 1 fully saturated rings. The van der Waals surface area contributed by atoms with Gasteiger partial charge < -0.3 is 15.2 Å². The van der Waals surface area contributed by atoms with Gasteiger partial charge in [0.05, 0.1) is 29.7 Å². The number of carboxylic acid groups (broad SMARTS) is 1. The number of fused-ring (bicyclic) bond motifs is 1. The molecule has 1 aliphatic carbocycles. The smallest absolute Gasteiger partial charge is 0.309 e. The fourth-order valence-electron chi connectivity index (χ4n) is 3.04. The van der Waals surface area contributed by atoms with E-state index in [1.54, 1.807) is 11.3 Å². The molecule has 24 heavy (non-hydrogen) atoms. The summed E-state index contributed by atoms with van der Waals surface area (Å²) >= 11 is 1.56. The van der Waals surface area contributed by atoms with Gasteiger partial charge in [-0.05, 0) is 43.4 Å². The van der Waals surface area contributed by atoms with Crippen molar-refractivity contribution in [2.45, 2.75) is 38.1 Å². The van der Waals surface area contributed by atoms with E-state index in [4.69, 9.17) is 9.84 Å². The number of carbonyl (C=O) groups is 2. The lowest BCUT2D eigenvalue weighted by molar-refractivity contribution is -0.143. The summed E-state index contributed by atoms with van der Waals surface area (Å²) in [6.45, 7) is 0. The standard InChI is InChI=1S/C17H20N2O4S/c1-23-15(20)9-10-2-7-13-14(8-10)24-17(19-13)18-12-5-3-11(4-6-12)16(21)22/h2,7-8,11-12H,3-6,9H2,1H3,(H,18,19)(H,21,22). The van der Waals surface area contributed by atoms with E-state index in [9.17, 15) is 9.59 Å². The molecule has 3 rings (SSSR count). The van der Waals surface area contributed by atoms with Crippen molar-refractivity contribution >= 4 is 38.6 Å². The van der Waals surface area contributed by atoms with E-state index in [2.05, 4.69) is 10.3 Å². The molecule has 1 saturated carbocycles. The minimum atomic E-state index is -0.688. The molecule has 0 unspecified atom stereocenters. The second-order valence-electron chi connectivity index (χ2n) is 6.11. The lowest BCUT2D eigenvalue weighted by atomic mass is 9.86. The van der Waals surface area contributed by atoms with Crippen LogP contribution in [0.5, 0.6) is 0 Å². The first kappa shape index (κ1) is 16.7. The van der Waals surface area contributed by atoms with Gasteiger partial charge in [0.15, 0.2) is 5.13 Å². The summed E-state index contributed by atoms with van der Waals surface area (Å²) < 4.78 is 5.72. The van der Waals surface area contributed by atoms with E-state index in [1.165, 1.54) is 7.11 Å². The Morgan fingerprint density at radius 2 is 2.08 bits per heavy atom. The van der Waals surface area contributed by atoms with Crippen molar-refractivity contribution in [2.24, 2.45) is 5.92 Å². The SMILES string of the molecule is COC(=O)Cc1ccc2nc(NC3CCC(C(=O)O)CC3)sc2c1. The first-order valence-corrected chi connectivity index (χ1v) is 8.82. The number of carboxylic acids is 1. The highest BCUT2D eigenvalue weighted by Gasteiger charge is 2.26. The normalized spacial score (nSPS) is 20.7. The van der Waals surface area contributed by atoms with Gasteiger partial charge in [0.1, 0.15) is 0 Å². The van der Waals surface area contributed by atoms with Gasteiger partial charge in [-0.15, -0.1) is 0 Å². The van der Waals surface area contributed by atoms with Crippen molar-refractivity contribution < 1.29 is 19.4 Å². The molecule has 6 nitrogen and oxygen atoms in total. The third-order valence-corrected chi connectivity index (χ3v) is 5.38. The quantitative estimate of drug-likeness (QED) is 0.807. The average molecular weight is 348 g/mol. The Bertz CT molecular complexity index is 750. The van der Waals surface area contributed by atoms with Gasteiger partial charge in [-0.25, -0.2) is 4.98 Å². The molecular weight excluding hydrogens is 328 g/mol. The molecule has 0 saturated heterocycles. The number of ether oxygens (including phenoxy) is 1. The highest BCUT2D eigenvalue weighted by molar-refractivity contribution is 7.22. The van der Waals surface area contributed by atoms with Crippen LogP contribution in [-0.2, 0) is 20.7 Å². The maximum atomic E-state index is 11.4. The van der Waals surface area contributed by atoms with Crippen LogP contribution in [0.3, 0.4) is 0 Å². The Labute approximate surface area is 143 Å². The van der Waals surface area contributed by atoms with Gasteiger partial charge in [0, 0.05) is 6.04 Å². The highest BCUT2D eigenvalue weighted by Crippen LogP contribution is 2.31. The Balaban J connectivity index is 1.65. The number of esters is 1. The van der Waals surface area contributed by atoms with Crippen LogP contribution in [0.4, 0.5) is 5.13 Å². The van der Waals surface area contributed by atoms with Crippen molar-refractivity contribution in [1.82, 2.24) is 4.98 Å². The molecule has 0 radical (unpaired) electrons. The average Bonchev–Trinajstić information content (AvgIpc) is 2.96. The molecule has 2 aromatic rings. The van der Waals surface area contributed by atoms with Crippen molar-refractivity contribution in [3.63, 3.8) is 0 Å². The number of nitrogens with zero attached hydrogens (tertiary/aromatic N) is 1. The number of methoxy groups -OCH3 is 1. The van der Waals surface area contributed by atoms with Crippen LogP contribution in [0.15, 0.2) is 18.2 Å². The Morgan fingerprint density at radius 1 is 1.33 bits per heavy atom. The lowest BCUT2D eigenvalue weighted by Gasteiger charge is -2.26. The molecule has 1 aromatic carbocycles. The van der Waals surface area contributed by atoms with E-state index < -0.39 is 5.97 Å². The van der Waals surface area contributed by atoms with E-state index >= 15 is 0 Å². The monoisotopic (exact) mass is 348 g/mol. The van der Waals surface area contributed by atoms with Crippen LogP contribution in [0.2, 0.25) is 0 Å². The molecule has 7 heteroatoms. The number of thiazole rings is 1. The summed E-state index contributed by atoms with van der Waals surface area (Å²) in [5.41, 5.74) is 1.81. The third-order valence-electron chi connectivity index (χ3n) is 4.43. The number of benzene rings is 1. The number of hydrogen-bond acceptors (Lipinski definition) is 6. The molecular formula is C17H20N2O4S. The number of hydrogen-bond donors (Lipinski definition) is 2. The molecule has 2 N–H and O–H groups in total. The van der Waals surface area contributed by atoms with Gasteiger partial charge in [-0.1, -0.05) is 17.4 Å². The maximum absolute atomic E-state index is 11.4. The van der Waals surface area contributed by atoms with Gasteiger partial charge in [0.25, 0.3) is 0 Å². The Morgan fingerprint density at radius 3 is 2.75 bits per heavy atom. The van der Waals surface area contributed by atoms with Gasteiger partial charge in [-0.2, -0.15) is 0 Å². The summed E-state index contributed by atoms with van der Waals surface area (Å²) in [4.78, 5) is 27.0. The fourth-order valence-corrected chi connectivity index (χ4v) is 4.05. The number of nitrogens with one attached hydrogen (secondary N) is 1. The van der Waals surface area contributed by atoms with Gasteiger partial charge in [0.2, 0.25) is 0 Å². The highest BCUT2D eigenvalue weighted by atomic mass is 32.1. The number of carbonyl (C=O) groups excluding carboxylic acids is 1. The number of aromatic nitrogens is 1. The molecule has 128 valence electrons. The van der Waals surface area contributed by atoms with E-state index in [-0.39, 0.29) is 24.3 Å². The van der Waals surface area contributed by atoms with E-state index in [0.29, 0.717) is 12.8 Å². The Kier molecular flexibility index (Phi) is 4.99.